The predicted molar refractivity (Wildman–Crippen MR) is 129 cm³/mol. The van der Waals surface area contributed by atoms with Crippen LogP contribution in [0.15, 0.2) is 42.5 Å². The van der Waals surface area contributed by atoms with Crippen LogP contribution in [0.1, 0.15) is 61.9 Å². The van der Waals surface area contributed by atoms with Gasteiger partial charge in [0.1, 0.15) is 11.6 Å². The molecule has 5 nitrogen and oxygen atoms in total. The smallest absolute Gasteiger partial charge is 0.223 e. The molecular formula is C27H35N3O2. The molecule has 4 rings (SSSR count). The fraction of sp³-hybridized carbons (Fsp3) is 0.481. The highest BCUT2D eigenvalue weighted by Crippen LogP contribution is 2.31. The fourth-order valence-corrected chi connectivity index (χ4v) is 4.59. The number of amides is 1. The normalized spacial score (nSPS) is 16.3. The molecular weight excluding hydrogens is 398 g/mol. The van der Waals surface area contributed by atoms with Gasteiger partial charge in [0.15, 0.2) is 0 Å². The number of aromatic nitrogens is 2. The number of fused-ring (bicyclic) bond motifs is 1. The number of unbranched alkanes of at least 4 members (excludes halogenated alkanes) is 2. The molecule has 32 heavy (non-hydrogen) atoms. The molecule has 2 heterocycles. The van der Waals surface area contributed by atoms with E-state index in [0.717, 1.165) is 67.9 Å². The summed E-state index contributed by atoms with van der Waals surface area (Å²) in [6, 6.07) is 14.5. The summed E-state index contributed by atoms with van der Waals surface area (Å²) in [6.45, 7) is 9.65. The third-order valence-electron chi connectivity index (χ3n) is 6.63. The van der Waals surface area contributed by atoms with Gasteiger partial charge in [0.2, 0.25) is 5.91 Å². The highest BCUT2D eigenvalue weighted by atomic mass is 16.5. The lowest BCUT2D eigenvalue weighted by Crippen LogP contribution is -2.26. The Labute approximate surface area is 191 Å². The van der Waals surface area contributed by atoms with Crippen LogP contribution >= 0.6 is 0 Å². The maximum atomic E-state index is 12.5. The van der Waals surface area contributed by atoms with Crippen molar-refractivity contribution in [3.05, 3.63) is 59.4 Å². The number of ether oxygens (including phenoxy) is 1. The number of carbonyl (C=O) groups excluding carboxylic acids is 1. The number of carbonyl (C=O) groups is 1. The van der Waals surface area contributed by atoms with E-state index in [4.69, 9.17) is 9.72 Å². The van der Waals surface area contributed by atoms with Gasteiger partial charge in [-0.25, -0.2) is 4.98 Å². The van der Waals surface area contributed by atoms with Gasteiger partial charge in [0, 0.05) is 32.0 Å². The minimum Gasteiger partial charge on any atom is -0.493 e. The van der Waals surface area contributed by atoms with Crippen molar-refractivity contribution >= 4 is 16.9 Å². The van der Waals surface area contributed by atoms with Gasteiger partial charge in [-0.05, 0) is 62.4 Å². The minimum atomic E-state index is 0.179. The average molecular weight is 434 g/mol. The monoisotopic (exact) mass is 433 g/mol. The van der Waals surface area contributed by atoms with Gasteiger partial charge >= 0.3 is 0 Å². The summed E-state index contributed by atoms with van der Waals surface area (Å²) >= 11 is 0. The van der Waals surface area contributed by atoms with Gasteiger partial charge in [-0.3, -0.25) is 4.79 Å². The average Bonchev–Trinajstić information content (AvgIpc) is 3.35. The van der Waals surface area contributed by atoms with Crippen LogP contribution in [0.4, 0.5) is 0 Å². The molecule has 2 aromatic carbocycles. The van der Waals surface area contributed by atoms with Crippen LogP contribution in [-0.4, -0.2) is 40.1 Å². The highest BCUT2D eigenvalue weighted by Gasteiger charge is 2.33. The standard InChI is InChI=1S/C27H35N3O2/c1-4-5-15-29-19-22(18-26(29)31)27-28-23-12-6-7-13-24(23)30(27)16-8-9-17-32-25-14-10-11-20(2)21(25)3/h6-7,10-14,22H,4-5,8-9,15-19H2,1-3H3. The minimum absolute atomic E-state index is 0.179. The molecule has 1 atom stereocenters. The van der Waals surface area contributed by atoms with Crippen LogP contribution in [0.25, 0.3) is 11.0 Å². The zero-order valence-electron chi connectivity index (χ0n) is 19.6. The molecule has 1 saturated heterocycles. The van der Waals surface area contributed by atoms with Gasteiger partial charge in [-0.1, -0.05) is 37.6 Å². The van der Waals surface area contributed by atoms with Crippen molar-refractivity contribution in [2.45, 2.75) is 65.3 Å². The molecule has 1 aromatic heterocycles. The molecule has 0 aliphatic carbocycles. The van der Waals surface area contributed by atoms with Crippen LogP contribution in [0.2, 0.25) is 0 Å². The molecule has 1 unspecified atom stereocenters. The van der Waals surface area contributed by atoms with Crippen LogP contribution in [0, 0.1) is 13.8 Å². The molecule has 1 fully saturated rings. The molecule has 0 radical (unpaired) electrons. The molecule has 170 valence electrons. The van der Waals surface area contributed by atoms with E-state index in [1.54, 1.807) is 0 Å². The first-order valence-corrected chi connectivity index (χ1v) is 12.0. The summed E-state index contributed by atoms with van der Waals surface area (Å²) in [5.41, 5.74) is 4.66. The van der Waals surface area contributed by atoms with E-state index < -0.39 is 0 Å². The number of nitrogens with zero attached hydrogens (tertiary/aromatic N) is 3. The van der Waals surface area contributed by atoms with Crippen molar-refractivity contribution in [3.8, 4) is 5.75 Å². The number of hydrogen-bond donors (Lipinski definition) is 0. The predicted octanol–water partition coefficient (Wildman–Crippen LogP) is 5.63. The number of benzene rings is 2. The fourth-order valence-electron chi connectivity index (χ4n) is 4.59. The summed E-state index contributed by atoms with van der Waals surface area (Å²) in [4.78, 5) is 19.5. The maximum Gasteiger partial charge on any atom is 0.223 e. The van der Waals surface area contributed by atoms with E-state index in [1.165, 1.54) is 11.1 Å². The first-order chi connectivity index (χ1) is 15.6. The number of rotatable bonds is 10. The lowest BCUT2D eigenvalue weighted by molar-refractivity contribution is -0.127. The summed E-state index contributed by atoms with van der Waals surface area (Å²) in [5.74, 6) is 2.49. The first-order valence-electron chi connectivity index (χ1n) is 12.0. The molecule has 0 N–H and O–H groups in total. The Balaban J connectivity index is 1.42. The van der Waals surface area contributed by atoms with Gasteiger partial charge in [-0.15, -0.1) is 0 Å². The number of hydrogen-bond acceptors (Lipinski definition) is 3. The second kappa shape index (κ2) is 10.2. The van der Waals surface area contributed by atoms with E-state index in [9.17, 15) is 4.79 Å². The van der Waals surface area contributed by atoms with Crippen molar-refractivity contribution in [2.75, 3.05) is 19.7 Å². The Kier molecular flexibility index (Phi) is 7.13. The van der Waals surface area contributed by atoms with Crippen molar-refractivity contribution in [2.24, 2.45) is 0 Å². The molecule has 1 amide bonds. The van der Waals surface area contributed by atoms with E-state index in [2.05, 4.69) is 49.6 Å². The van der Waals surface area contributed by atoms with Crippen molar-refractivity contribution in [1.29, 1.82) is 0 Å². The Morgan fingerprint density at radius 3 is 2.72 bits per heavy atom. The molecule has 0 saturated carbocycles. The molecule has 1 aliphatic heterocycles. The lowest BCUT2D eigenvalue weighted by Gasteiger charge is -2.17. The third kappa shape index (κ3) is 4.82. The van der Waals surface area contributed by atoms with Gasteiger partial charge in [0.05, 0.1) is 17.6 Å². The Morgan fingerprint density at radius 2 is 1.88 bits per heavy atom. The molecule has 3 aromatic rings. The number of likely N-dealkylation sites (tertiary alicyclic amines) is 1. The largest absolute Gasteiger partial charge is 0.493 e. The van der Waals surface area contributed by atoms with Gasteiger partial charge in [-0.2, -0.15) is 0 Å². The van der Waals surface area contributed by atoms with E-state index in [0.29, 0.717) is 13.0 Å². The third-order valence-corrected chi connectivity index (χ3v) is 6.63. The Hall–Kier alpha value is -2.82. The van der Waals surface area contributed by atoms with E-state index >= 15 is 0 Å². The summed E-state index contributed by atoms with van der Waals surface area (Å²) < 4.78 is 8.39. The van der Waals surface area contributed by atoms with Crippen molar-refractivity contribution < 1.29 is 9.53 Å². The van der Waals surface area contributed by atoms with Crippen LogP contribution in [0.3, 0.4) is 0 Å². The summed E-state index contributed by atoms with van der Waals surface area (Å²) in [5, 5.41) is 0. The lowest BCUT2D eigenvalue weighted by atomic mass is 10.1. The second-order valence-electron chi connectivity index (χ2n) is 8.96. The topological polar surface area (TPSA) is 47.4 Å². The van der Waals surface area contributed by atoms with Gasteiger partial charge in [0.25, 0.3) is 0 Å². The number of para-hydroxylation sites is 2. The molecule has 5 heteroatoms. The first kappa shape index (κ1) is 22.4. The molecule has 1 aliphatic rings. The summed E-state index contributed by atoms with van der Waals surface area (Å²) in [6.07, 6.45) is 4.74. The van der Waals surface area contributed by atoms with Crippen LogP contribution in [0.5, 0.6) is 5.75 Å². The number of aryl methyl sites for hydroxylation is 2. The zero-order chi connectivity index (χ0) is 22.5. The highest BCUT2D eigenvalue weighted by molar-refractivity contribution is 5.80. The zero-order valence-corrected chi connectivity index (χ0v) is 19.6. The van der Waals surface area contributed by atoms with Crippen molar-refractivity contribution in [3.63, 3.8) is 0 Å². The maximum absolute atomic E-state index is 12.5. The SMILES string of the molecule is CCCCN1CC(c2nc3ccccc3n2CCCCOc2cccc(C)c2C)CC1=O. The quantitative estimate of drug-likeness (QED) is 0.389. The van der Waals surface area contributed by atoms with Crippen LogP contribution < -0.4 is 4.74 Å². The number of imidazole rings is 1. The molecule has 0 spiro atoms. The van der Waals surface area contributed by atoms with Crippen molar-refractivity contribution in [1.82, 2.24) is 14.5 Å². The van der Waals surface area contributed by atoms with Crippen LogP contribution in [-0.2, 0) is 11.3 Å². The van der Waals surface area contributed by atoms with E-state index in [1.807, 2.05) is 23.1 Å². The Morgan fingerprint density at radius 1 is 1.03 bits per heavy atom. The van der Waals surface area contributed by atoms with E-state index in [-0.39, 0.29) is 11.8 Å². The molecule has 0 bridgehead atoms. The van der Waals surface area contributed by atoms with Gasteiger partial charge < -0.3 is 14.2 Å². The summed E-state index contributed by atoms with van der Waals surface area (Å²) in [7, 11) is 0. The Bertz CT molecular complexity index is 1070. The second-order valence-corrected chi connectivity index (χ2v) is 8.96.